The van der Waals surface area contributed by atoms with Crippen molar-refractivity contribution in [3.8, 4) is 5.75 Å². The number of carbonyl (C=O) groups excluding carboxylic acids is 1. The monoisotopic (exact) mass is 345 g/mol. The first kappa shape index (κ1) is 18.5. The third kappa shape index (κ3) is 4.37. The van der Waals surface area contributed by atoms with Gasteiger partial charge in [0.1, 0.15) is 11.4 Å². The highest BCUT2D eigenvalue weighted by Gasteiger charge is 2.15. The van der Waals surface area contributed by atoms with Gasteiger partial charge in [0.15, 0.2) is 0 Å². The van der Waals surface area contributed by atoms with Gasteiger partial charge in [0.05, 0.1) is 12.7 Å². The quantitative estimate of drug-likeness (QED) is 0.802. The number of benzene rings is 1. The molecule has 0 saturated heterocycles. The van der Waals surface area contributed by atoms with E-state index in [0.29, 0.717) is 24.4 Å². The van der Waals surface area contributed by atoms with E-state index in [1.54, 1.807) is 16.8 Å². The zero-order chi connectivity index (χ0) is 18.6. The van der Waals surface area contributed by atoms with Gasteiger partial charge >= 0.3 is 5.97 Å². The first-order valence-electron chi connectivity index (χ1n) is 8.05. The molecule has 1 aromatic carbocycles. The van der Waals surface area contributed by atoms with Crippen LogP contribution >= 0.6 is 0 Å². The molecule has 1 aromatic heterocycles. The number of carboxylic acids is 1. The topological polar surface area (TPSA) is 93.5 Å². The number of ether oxygens (including phenoxy) is 1. The molecule has 0 aliphatic carbocycles. The number of nitrogens with zero attached hydrogens (tertiary/aromatic N) is 2. The van der Waals surface area contributed by atoms with E-state index < -0.39 is 5.97 Å². The molecule has 1 heterocycles. The van der Waals surface area contributed by atoms with Gasteiger partial charge in [0.2, 0.25) is 0 Å². The summed E-state index contributed by atoms with van der Waals surface area (Å²) in [6.07, 6.45) is 0.526. The second kappa shape index (κ2) is 7.83. The Hall–Kier alpha value is -2.83. The van der Waals surface area contributed by atoms with Gasteiger partial charge in [-0.2, -0.15) is 5.10 Å². The largest absolute Gasteiger partial charge is 0.496 e. The van der Waals surface area contributed by atoms with E-state index in [4.69, 9.17) is 9.84 Å². The minimum Gasteiger partial charge on any atom is -0.496 e. The van der Waals surface area contributed by atoms with Gasteiger partial charge in [0.25, 0.3) is 5.91 Å². The summed E-state index contributed by atoms with van der Waals surface area (Å²) < 4.78 is 6.95. The Labute approximate surface area is 146 Å². The average molecular weight is 345 g/mol. The van der Waals surface area contributed by atoms with Gasteiger partial charge in [-0.25, -0.2) is 4.79 Å². The highest BCUT2D eigenvalue weighted by atomic mass is 16.5. The number of methoxy groups -OCH3 is 1. The van der Waals surface area contributed by atoms with Gasteiger partial charge in [-0.3, -0.25) is 9.48 Å². The van der Waals surface area contributed by atoms with Gasteiger partial charge in [-0.05, 0) is 36.1 Å². The summed E-state index contributed by atoms with van der Waals surface area (Å²) in [5, 5.41) is 16.1. The minimum absolute atomic E-state index is 0.166. The summed E-state index contributed by atoms with van der Waals surface area (Å²) in [6, 6.07) is 6.50. The van der Waals surface area contributed by atoms with Crippen molar-refractivity contribution in [3.63, 3.8) is 0 Å². The zero-order valence-corrected chi connectivity index (χ0v) is 14.9. The second-order valence-corrected chi connectivity index (χ2v) is 6.07. The number of nitrogens with one attached hydrogen (secondary N) is 1. The highest BCUT2D eigenvalue weighted by Crippen LogP contribution is 2.21. The molecule has 0 spiro atoms. The fourth-order valence-corrected chi connectivity index (χ4v) is 2.62. The predicted molar refractivity (Wildman–Crippen MR) is 93.3 cm³/mol. The first-order chi connectivity index (χ1) is 11.8. The van der Waals surface area contributed by atoms with Crippen LogP contribution in [0.2, 0.25) is 0 Å². The van der Waals surface area contributed by atoms with Crippen molar-refractivity contribution in [2.75, 3.05) is 13.7 Å². The number of amides is 1. The fourth-order valence-electron chi connectivity index (χ4n) is 2.62. The van der Waals surface area contributed by atoms with Crippen molar-refractivity contribution in [1.29, 1.82) is 0 Å². The van der Waals surface area contributed by atoms with Crippen LogP contribution in [0.3, 0.4) is 0 Å². The molecule has 2 N–H and O–H groups in total. The molecule has 0 aliphatic rings. The van der Waals surface area contributed by atoms with Crippen LogP contribution in [0.5, 0.6) is 5.75 Å². The van der Waals surface area contributed by atoms with Gasteiger partial charge < -0.3 is 15.2 Å². The number of hydrogen-bond acceptors (Lipinski definition) is 4. The van der Waals surface area contributed by atoms with Crippen LogP contribution in [0.1, 0.15) is 51.9 Å². The van der Waals surface area contributed by atoms with Crippen molar-refractivity contribution in [2.45, 2.75) is 26.2 Å². The number of aromatic nitrogens is 2. The highest BCUT2D eigenvalue weighted by molar-refractivity contribution is 5.92. The van der Waals surface area contributed by atoms with Crippen LogP contribution in [-0.4, -0.2) is 40.4 Å². The third-order valence-electron chi connectivity index (χ3n) is 3.95. The van der Waals surface area contributed by atoms with E-state index in [-0.39, 0.29) is 17.4 Å². The van der Waals surface area contributed by atoms with Gasteiger partial charge in [-0.1, -0.05) is 19.9 Å². The zero-order valence-electron chi connectivity index (χ0n) is 14.9. The summed E-state index contributed by atoms with van der Waals surface area (Å²) >= 11 is 0. The molecule has 0 bridgehead atoms. The molecular weight excluding hydrogens is 322 g/mol. The van der Waals surface area contributed by atoms with Crippen LogP contribution in [0.25, 0.3) is 0 Å². The van der Waals surface area contributed by atoms with E-state index >= 15 is 0 Å². The smallest absolute Gasteiger partial charge is 0.335 e. The van der Waals surface area contributed by atoms with Crippen molar-refractivity contribution in [3.05, 3.63) is 46.8 Å². The molecule has 0 aliphatic heterocycles. The summed E-state index contributed by atoms with van der Waals surface area (Å²) in [5.41, 5.74) is 2.38. The lowest BCUT2D eigenvalue weighted by Crippen LogP contribution is -2.26. The van der Waals surface area contributed by atoms with E-state index in [1.165, 1.54) is 19.2 Å². The Morgan fingerprint density at radius 3 is 2.60 bits per heavy atom. The van der Waals surface area contributed by atoms with E-state index in [0.717, 1.165) is 11.3 Å². The normalized spacial score (nSPS) is 10.8. The predicted octanol–water partition coefficient (Wildman–Crippen LogP) is 2.22. The lowest BCUT2D eigenvalue weighted by Gasteiger charge is -2.10. The number of rotatable bonds is 7. The molecule has 0 fully saturated rings. The second-order valence-electron chi connectivity index (χ2n) is 6.07. The number of aromatic carboxylic acids is 1. The first-order valence-corrected chi connectivity index (χ1v) is 8.05. The molecule has 0 radical (unpaired) electrons. The maximum absolute atomic E-state index is 12.2. The van der Waals surface area contributed by atoms with Gasteiger partial charge in [-0.15, -0.1) is 0 Å². The van der Waals surface area contributed by atoms with E-state index in [1.807, 2.05) is 20.9 Å². The Kier molecular flexibility index (Phi) is 5.80. The lowest BCUT2D eigenvalue weighted by atomic mass is 10.1. The van der Waals surface area contributed by atoms with Crippen molar-refractivity contribution >= 4 is 11.9 Å². The molecule has 0 unspecified atom stereocenters. The molecule has 2 aromatic rings. The Morgan fingerprint density at radius 2 is 2.04 bits per heavy atom. The van der Waals surface area contributed by atoms with Crippen LogP contribution < -0.4 is 10.1 Å². The summed E-state index contributed by atoms with van der Waals surface area (Å²) in [5.74, 6) is -0.456. The number of aryl methyl sites for hydroxylation is 1. The molecule has 25 heavy (non-hydrogen) atoms. The van der Waals surface area contributed by atoms with Crippen molar-refractivity contribution in [1.82, 2.24) is 15.1 Å². The third-order valence-corrected chi connectivity index (χ3v) is 3.95. The van der Waals surface area contributed by atoms with Gasteiger partial charge in [0, 0.05) is 19.3 Å². The molecule has 7 heteroatoms. The molecule has 2 rings (SSSR count). The maximum atomic E-state index is 12.2. The number of carboxylic acid groups (broad SMARTS) is 1. The summed E-state index contributed by atoms with van der Waals surface area (Å²) in [4.78, 5) is 23.2. The van der Waals surface area contributed by atoms with Crippen molar-refractivity contribution in [2.24, 2.45) is 7.05 Å². The Bertz CT molecular complexity index is 781. The van der Waals surface area contributed by atoms with Crippen molar-refractivity contribution < 1.29 is 19.4 Å². The summed E-state index contributed by atoms with van der Waals surface area (Å²) in [6.45, 7) is 4.49. The molecular formula is C18H23N3O4. The minimum atomic E-state index is -1.01. The summed E-state index contributed by atoms with van der Waals surface area (Å²) in [7, 11) is 3.31. The molecule has 0 saturated carbocycles. The molecule has 134 valence electrons. The Morgan fingerprint density at radius 1 is 1.32 bits per heavy atom. The molecule has 1 amide bonds. The van der Waals surface area contributed by atoms with E-state index in [9.17, 15) is 9.59 Å². The van der Waals surface area contributed by atoms with Crippen LogP contribution in [0, 0.1) is 0 Å². The lowest BCUT2D eigenvalue weighted by molar-refractivity contribution is 0.0696. The maximum Gasteiger partial charge on any atom is 0.335 e. The molecule has 0 atom stereocenters. The fraction of sp³-hybridized carbons (Fsp3) is 0.389. The average Bonchev–Trinajstić information content (AvgIpc) is 2.97. The number of carbonyl (C=O) groups is 2. The molecule has 7 nitrogen and oxygen atoms in total. The standard InChI is InChI=1S/C18H23N3O4/c1-11(2)15-10-14(20-21(15)3)17(22)19-8-7-12-5-6-13(18(23)24)9-16(12)25-4/h5-6,9-11H,7-8H2,1-4H3,(H,19,22)(H,23,24). The van der Waals surface area contributed by atoms with E-state index in [2.05, 4.69) is 10.4 Å². The van der Waals surface area contributed by atoms with Crippen LogP contribution in [0.4, 0.5) is 0 Å². The SMILES string of the molecule is COc1cc(C(=O)O)ccc1CCNC(=O)c1cc(C(C)C)n(C)n1. The van der Waals surface area contributed by atoms with Crippen LogP contribution in [-0.2, 0) is 13.5 Å². The van der Waals surface area contributed by atoms with Crippen LogP contribution in [0.15, 0.2) is 24.3 Å². The Balaban J connectivity index is 1.99. The number of hydrogen-bond donors (Lipinski definition) is 2.